The minimum atomic E-state index is -4.59. The molecule has 0 radical (unpaired) electrons. The van der Waals surface area contributed by atoms with Gasteiger partial charge in [0.15, 0.2) is 0 Å². The lowest BCUT2D eigenvalue weighted by Crippen LogP contribution is -2.18. The predicted octanol–water partition coefficient (Wildman–Crippen LogP) is 5.71. The van der Waals surface area contributed by atoms with Crippen molar-refractivity contribution >= 4 is 35.0 Å². The molecule has 0 aliphatic carbocycles. The lowest BCUT2D eigenvalue weighted by molar-refractivity contribution is -0.137. The number of alkyl halides is 3. The van der Waals surface area contributed by atoms with Gasteiger partial charge in [-0.15, -0.1) is 11.8 Å². The van der Waals surface area contributed by atoms with E-state index < -0.39 is 17.6 Å². The van der Waals surface area contributed by atoms with Crippen LogP contribution in [0.15, 0.2) is 41.3 Å². The third kappa shape index (κ3) is 4.92. The smallest absolute Gasteiger partial charge is 0.325 e. The zero-order valence-corrected chi connectivity index (χ0v) is 14.6. The minimum absolute atomic E-state index is 0.0163. The highest BCUT2D eigenvalue weighted by atomic mass is 35.5. The summed E-state index contributed by atoms with van der Waals surface area (Å²) >= 11 is 6.88. The summed E-state index contributed by atoms with van der Waals surface area (Å²) in [5, 5.41) is 2.26. The molecule has 0 atom stereocenters. The quantitative estimate of drug-likeness (QED) is 0.696. The number of hydrogen-bond donors (Lipinski definition) is 1. The number of aryl methyl sites for hydroxylation is 2. The van der Waals surface area contributed by atoms with E-state index in [0.717, 1.165) is 28.2 Å². The molecule has 7 heteroatoms. The molecule has 0 fully saturated rings. The number of rotatable bonds is 4. The van der Waals surface area contributed by atoms with Gasteiger partial charge in [-0.2, -0.15) is 13.2 Å². The van der Waals surface area contributed by atoms with Crippen molar-refractivity contribution in [1.29, 1.82) is 0 Å². The number of anilines is 1. The molecule has 128 valence electrons. The molecule has 24 heavy (non-hydrogen) atoms. The highest BCUT2D eigenvalue weighted by Crippen LogP contribution is 2.36. The minimum Gasteiger partial charge on any atom is -0.325 e. The largest absolute Gasteiger partial charge is 0.418 e. The van der Waals surface area contributed by atoms with E-state index in [0.29, 0.717) is 0 Å². The van der Waals surface area contributed by atoms with E-state index in [9.17, 15) is 18.0 Å². The van der Waals surface area contributed by atoms with Crippen molar-refractivity contribution in [2.45, 2.75) is 24.9 Å². The predicted molar refractivity (Wildman–Crippen MR) is 91.7 cm³/mol. The first-order chi connectivity index (χ1) is 11.2. The standard InChI is InChI=1S/C17H15ClF3NOS/c1-10-3-5-13(7-11(10)2)24-9-16(23)22-15-6-4-12(18)8-14(15)17(19,20)21/h3-8H,9H2,1-2H3,(H,22,23). The van der Waals surface area contributed by atoms with E-state index in [2.05, 4.69) is 5.32 Å². The summed E-state index contributed by atoms with van der Waals surface area (Å²) in [7, 11) is 0. The lowest BCUT2D eigenvalue weighted by Gasteiger charge is -2.14. The Morgan fingerprint density at radius 2 is 1.83 bits per heavy atom. The Morgan fingerprint density at radius 3 is 2.46 bits per heavy atom. The fraction of sp³-hybridized carbons (Fsp3) is 0.235. The maximum absolute atomic E-state index is 13.0. The average Bonchev–Trinajstić information content (AvgIpc) is 2.49. The Labute approximate surface area is 147 Å². The molecule has 0 heterocycles. The van der Waals surface area contributed by atoms with Gasteiger partial charge in [-0.1, -0.05) is 17.7 Å². The fourth-order valence-electron chi connectivity index (χ4n) is 2.00. The van der Waals surface area contributed by atoms with Gasteiger partial charge in [0.1, 0.15) is 0 Å². The number of benzene rings is 2. The molecule has 0 saturated carbocycles. The van der Waals surface area contributed by atoms with Crippen LogP contribution in [0.3, 0.4) is 0 Å². The van der Waals surface area contributed by atoms with Crippen molar-refractivity contribution < 1.29 is 18.0 Å². The third-order valence-electron chi connectivity index (χ3n) is 3.41. The maximum atomic E-state index is 13.0. The Balaban J connectivity index is 2.06. The summed E-state index contributed by atoms with van der Waals surface area (Å²) < 4.78 is 39.0. The van der Waals surface area contributed by atoms with Gasteiger partial charge >= 0.3 is 6.18 Å². The molecule has 0 unspecified atom stereocenters. The molecule has 2 nitrogen and oxygen atoms in total. The Bertz CT molecular complexity index is 762. The number of halogens is 4. The second-order valence-corrected chi connectivity index (χ2v) is 6.76. The van der Waals surface area contributed by atoms with E-state index in [1.165, 1.54) is 17.8 Å². The summed E-state index contributed by atoms with van der Waals surface area (Å²) in [6, 6.07) is 9.03. The number of carbonyl (C=O) groups excluding carboxylic acids is 1. The molecule has 0 saturated heterocycles. The van der Waals surface area contributed by atoms with E-state index in [-0.39, 0.29) is 16.5 Å². The van der Waals surface area contributed by atoms with Crippen LogP contribution in [0.2, 0.25) is 5.02 Å². The molecule has 0 aliphatic heterocycles. The molecular weight excluding hydrogens is 359 g/mol. The topological polar surface area (TPSA) is 29.1 Å². The van der Waals surface area contributed by atoms with Crippen LogP contribution in [0, 0.1) is 13.8 Å². The van der Waals surface area contributed by atoms with Gasteiger partial charge in [0, 0.05) is 9.92 Å². The van der Waals surface area contributed by atoms with Crippen LogP contribution in [-0.2, 0) is 11.0 Å². The van der Waals surface area contributed by atoms with Gasteiger partial charge in [0.2, 0.25) is 5.91 Å². The van der Waals surface area contributed by atoms with Gasteiger partial charge in [-0.3, -0.25) is 4.79 Å². The highest BCUT2D eigenvalue weighted by molar-refractivity contribution is 8.00. The molecule has 0 aliphatic rings. The summed E-state index contributed by atoms with van der Waals surface area (Å²) in [5.74, 6) is -0.492. The van der Waals surface area contributed by atoms with Gasteiger partial charge < -0.3 is 5.32 Å². The molecule has 0 aromatic heterocycles. The van der Waals surface area contributed by atoms with Crippen molar-refractivity contribution in [3.63, 3.8) is 0 Å². The fourth-order valence-corrected chi connectivity index (χ4v) is 2.97. The molecule has 2 rings (SSSR count). The Hall–Kier alpha value is -1.66. The van der Waals surface area contributed by atoms with Crippen molar-refractivity contribution in [3.05, 3.63) is 58.1 Å². The van der Waals surface area contributed by atoms with Crippen molar-refractivity contribution in [2.75, 3.05) is 11.1 Å². The van der Waals surface area contributed by atoms with Crippen molar-refractivity contribution in [3.8, 4) is 0 Å². The maximum Gasteiger partial charge on any atom is 0.418 e. The number of hydrogen-bond acceptors (Lipinski definition) is 2. The number of thioether (sulfide) groups is 1. The zero-order chi connectivity index (χ0) is 17.9. The number of carbonyl (C=O) groups is 1. The Kier molecular flexibility index (Phi) is 5.83. The third-order valence-corrected chi connectivity index (χ3v) is 4.64. The second kappa shape index (κ2) is 7.49. The van der Waals surface area contributed by atoms with Crippen LogP contribution >= 0.6 is 23.4 Å². The summed E-state index contributed by atoms with van der Waals surface area (Å²) in [4.78, 5) is 12.9. The van der Waals surface area contributed by atoms with E-state index in [1.54, 1.807) is 0 Å². The van der Waals surface area contributed by atoms with Crippen molar-refractivity contribution in [1.82, 2.24) is 0 Å². The summed E-state index contributed by atoms with van der Waals surface area (Å²) in [6.45, 7) is 3.94. The molecule has 1 N–H and O–H groups in total. The number of nitrogens with one attached hydrogen (secondary N) is 1. The van der Waals surface area contributed by atoms with Crippen LogP contribution in [0.5, 0.6) is 0 Å². The van der Waals surface area contributed by atoms with Gasteiger partial charge in [0.25, 0.3) is 0 Å². The van der Waals surface area contributed by atoms with Gasteiger partial charge in [-0.05, 0) is 55.3 Å². The van der Waals surface area contributed by atoms with Crippen LogP contribution in [-0.4, -0.2) is 11.7 Å². The van der Waals surface area contributed by atoms with Gasteiger partial charge in [0.05, 0.1) is 17.0 Å². The highest BCUT2D eigenvalue weighted by Gasteiger charge is 2.34. The van der Waals surface area contributed by atoms with Gasteiger partial charge in [-0.25, -0.2) is 0 Å². The zero-order valence-electron chi connectivity index (χ0n) is 13.0. The average molecular weight is 374 g/mol. The van der Waals surface area contributed by atoms with E-state index >= 15 is 0 Å². The molecule has 0 spiro atoms. The summed E-state index contributed by atoms with van der Waals surface area (Å²) in [5.41, 5.74) is 0.981. The second-order valence-electron chi connectivity index (χ2n) is 5.27. The first-order valence-corrected chi connectivity index (χ1v) is 8.40. The van der Waals surface area contributed by atoms with Crippen LogP contribution in [0.1, 0.15) is 16.7 Å². The SMILES string of the molecule is Cc1ccc(SCC(=O)Nc2ccc(Cl)cc2C(F)(F)F)cc1C. The van der Waals surface area contributed by atoms with E-state index in [1.807, 2.05) is 32.0 Å². The van der Waals surface area contributed by atoms with Crippen molar-refractivity contribution in [2.24, 2.45) is 0 Å². The van der Waals surface area contributed by atoms with Crippen LogP contribution in [0.25, 0.3) is 0 Å². The summed E-state index contributed by atoms with van der Waals surface area (Å²) in [6.07, 6.45) is -4.59. The normalized spacial score (nSPS) is 11.4. The van der Waals surface area contributed by atoms with Crippen LogP contribution < -0.4 is 5.32 Å². The first-order valence-electron chi connectivity index (χ1n) is 7.03. The molecule has 2 aromatic rings. The number of amides is 1. The van der Waals surface area contributed by atoms with Crippen LogP contribution in [0.4, 0.5) is 18.9 Å². The molecule has 2 aromatic carbocycles. The Morgan fingerprint density at radius 1 is 1.12 bits per heavy atom. The monoisotopic (exact) mass is 373 g/mol. The molecule has 1 amide bonds. The molecule has 0 bridgehead atoms. The molecular formula is C17H15ClF3NOS. The van der Waals surface area contributed by atoms with E-state index in [4.69, 9.17) is 11.6 Å². The lowest BCUT2D eigenvalue weighted by atomic mass is 10.1. The first kappa shape index (κ1) is 18.7.